The number of rotatable bonds is 5. The molecule has 68 valence electrons. The van der Waals surface area contributed by atoms with Gasteiger partial charge in [-0.3, -0.25) is 0 Å². The van der Waals surface area contributed by atoms with Gasteiger partial charge in [0.1, 0.15) is 5.76 Å². The van der Waals surface area contributed by atoms with Gasteiger partial charge in [0.25, 0.3) is 0 Å². The van der Waals surface area contributed by atoms with Gasteiger partial charge in [-0.1, -0.05) is 6.92 Å². The van der Waals surface area contributed by atoms with Crippen LogP contribution in [0.1, 0.15) is 25.0 Å². The number of hydrogen-bond donors (Lipinski definition) is 1. The molecule has 0 spiro atoms. The van der Waals surface area contributed by atoms with Gasteiger partial charge >= 0.3 is 0 Å². The van der Waals surface area contributed by atoms with E-state index >= 15 is 0 Å². The van der Waals surface area contributed by atoms with Crippen LogP contribution in [-0.4, -0.2) is 18.1 Å². The monoisotopic (exact) mass is 168 g/mol. The molecule has 0 aliphatic rings. The normalized spacial score (nSPS) is 10.5. The van der Waals surface area contributed by atoms with Gasteiger partial charge in [0, 0.05) is 13.0 Å². The molecule has 1 aromatic heterocycles. The molecule has 0 radical (unpaired) electrons. The van der Waals surface area contributed by atoms with Gasteiger partial charge in [-0.05, 0) is 19.9 Å². The molecular weight excluding hydrogens is 152 g/mol. The summed E-state index contributed by atoms with van der Waals surface area (Å²) in [7, 11) is 0. The Balaban J connectivity index is 2.15. The number of aryl methyl sites for hydroxylation is 1. The lowest BCUT2D eigenvalue weighted by Crippen LogP contribution is -2.17. The molecular formula is C9H16N2O. The predicted octanol–water partition coefficient (Wildman–Crippen LogP) is 1.53. The fraction of sp³-hybridized carbons (Fsp3) is 0.667. The van der Waals surface area contributed by atoms with Crippen LogP contribution >= 0.6 is 0 Å². The predicted molar refractivity (Wildman–Crippen MR) is 48.1 cm³/mol. The van der Waals surface area contributed by atoms with Crippen LogP contribution in [0.3, 0.4) is 0 Å². The van der Waals surface area contributed by atoms with Crippen molar-refractivity contribution in [3.8, 4) is 0 Å². The average molecular weight is 168 g/mol. The Kier molecular flexibility index (Phi) is 3.80. The standard InChI is InChI=1S/C9H16N2O/c1-3-5-10-6-4-9-11-7-8(2)12-9/h7,10H,3-6H2,1-2H3. The zero-order chi connectivity index (χ0) is 8.81. The van der Waals surface area contributed by atoms with Gasteiger partial charge < -0.3 is 9.73 Å². The van der Waals surface area contributed by atoms with Crippen LogP contribution in [0, 0.1) is 6.92 Å². The van der Waals surface area contributed by atoms with E-state index < -0.39 is 0 Å². The summed E-state index contributed by atoms with van der Waals surface area (Å²) in [6.07, 6.45) is 3.81. The van der Waals surface area contributed by atoms with Crippen LogP contribution in [0.25, 0.3) is 0 Å². The molecule has 1 heterocycles. The summed E-state index contributed by atoms with van der Waals surface area (Å²) in [5.41, 5.74) is 0. The SMILES string of the molecule is CCCNCCc1ncc(C)o1. The van der Waals surface area contributed by atoms with E-state index in [2.05, 4.69) is 17.2 Å². The first-order valence-corrected chi connectivity index (χ1v) is 4.45. The van der Waals surface area contributed by atoms with Crippen molar-refractivity contribution in [1.29, 1.82) is 0 Å². The average Bonchev–Trinajstić information content (AvgIpc) is 2.45. The maximum absolute atomic E-state index is 5.31. The Morgan fingerprint density at radius 2 is 2.33 bits per heavy atom. The summed E-state index contributed by atoms with van der Waals surface area (Å²) >= 11 is 0. The summed E-state index contributed by atoms with van der Waals surface area (Å²) < 4.78 is 5.31. The van der Waals surface area contributed by atoms with E-state index in [4.69, 9.17) is 4.42 Å². The Hall–Kier alpha value is -0.830. The highest BCUT2D eigenvalue weighted by Gasteiger charge is 1.98. The van der Waals surface area contributed by atoms with Crippen LogP contribution in [0.2, 0.25) is 0 Å². The second kappa shape index (κ2) is 4.93. The van der Waals surface area contributed by atoms with E-state index in [-0.39, 0.29) is 0 Å². The first kappa shape index (κ1) is 9.26. The zero-order valence-corrected chi connectivity index (χ0v) is 7.76. The molecule has 0 aliphatic heterocycles. The molecule has 0 fully saturated rings. The fourth-order valence-electron chi connectivity index (χ4n) is 1.01. The minimum Gasteiger partial charge on any atom is -0.446 e. The third kappa shape index (κ3) is 3.05. The molecule has 3 heteroatoms. The number of aromatic nitrogens is 1. The fourth-order valence-corrected chi connectivity index (χ4v) is 1.01. The van der Waals surface area contributed by atoms with E-state index in [1.54, 1.807) is 6.20 Å². The number of nitrogens with zero attached hydrogens (tertiary/aromatic N) is 1. The molecule has 0 amide bonds. The second-order valence-electron chi connectivity index (χ2n) is 2.86. The first-order chi connectivity index (χ1) is 5.83. The van der Waals surface area contributed by atoms with Gasteiger partial charge in [-0.25, -0.2) is 4.98 Å². The lowest BCUT2D eigenvalue weighted by molar-refractivity contribution is 0.463. The van der Waals surface area contributed by atoms with Crippen molar-refractivity contribution in [3.05, 3.63) is 17.8 Å². The third-order valence-corrected chi connectivity index (χ3v) is 1.61. The Labute approximate surface area is 73.2 Å². The molecule has 1 N–H and O–H groups in total. The summed E-state index contributed by atoms with van der Waals surface area (Å²) in [5.74, 6) is 1.72. The van der Waals surface area contributed by atoms with Crippen molar-refractivity contribution in [3.63, 3.8) is 0 Å². The zero-order valence-electron chi connectivity index (χ0n) is 7.76. The molecule has 0 bridgehead atoms. The van der Waals surface area contributed by atoms with Crippen molar-refractivity contribution in [2.24, 2.45) is 0 Å². The van der Waals surface area contributed by atoms with Crippen molar-refractivity contribution in [2.75, 3.05) is 13.1 Å². The van der Waals surface area contributed by atoms with E-state index in [1.807, 2.05) is 6.92 Å². The number of hydrogen-bond acceptors (Lipinski definition) is 3. The molecule has 0 saturated heterocycles. The number of oxazole rings is 1. The Bertz CT molecular complexity index is 220. The van der Waals surface area contributed by atoms with Gasteiger partial charge in [0.05, 0.1) is 6.20 Å². The lowest BCUT2D eigenvalue weighted by atomic mass is 10.4. The second-order valence-corrected chi connectivity index (χ2v) is 2.86. The first-order valence-electron chi connectivity index (χ1n) is 4.45. The highest BCUT2D eigenvalue weighted by Crippen LogP contribution is 2.00. The molecule has 3 nitrogen and oxygen atoms in total. The van der Waals surface area contributed by atoms with Crippen LogP contribution in [0.4, 0.5) is 0 Å². The van der Waals surface area contributed by atoms with Crippen molar-refractivity contribution in [2.45, 2.75) is 26.7 Å². The number of nitrogens with one attached hydrogen (secondary N) is 1. The lowest BCUT2D eigenvalue weighted by Gasteiger charge is -1.98. The summed E-state index contributed by atoms with van der Waals surface area (Å²) in [6.45, 7) is 6.09. The molecule has 0 aromatic carbocycles. The summed E-state index contributed by atoms with van der Waals surface area (Å²) in [5, 5.41) is 3.29. The molecule has 0 atom stereocenters. The quantitative estimate of drug-likeness (QED) is 0.677. The highest BCUT2D eigenvalue weighted by molar-refractivity contribution is 4.90. The van der Waals surface area contributed by atoms with Gasteiger partial charge in [-0.2, -0.15) is 0 Å². The minimum absolute atomic E-state index is 0.830. The van der Waals surface area contributed by atoms with Crippen LogP contribution in [-0.2, 0) is 6.42 Å². The summed E-state index contributed by atoms with van der Waals surface area (Å²) in [6, 6.07) is 0. The molecule has 1 aromatic rings. The van der Waals surface area contributed by atoms with Crippen molar-refractivity contribution in [1.82, 2.24) is 10.3 Å². The van der Waals surface area contributed by atoms with Crippen molar-refractivity contribution >= 4 is 0 Å². The van der Waals surface area contributed by atoms with E-state index in [0.717, 1.165) is 31.2 Å². The molecule has 1 rings (SSSR count). The van der Waals surface area contributed by atoms with Crippen LogP contribution < -0.4 is 5.32 Å². The third-order valence-electron chi connectivity index (χ3n) is 1.61. The van der Waals surface area contributed by atoms with E-state index in [1.165, 1.54) is 6.42 Å². The van der Waals surface area contributed by atoms with E-state index in [0.29, 0.717) is 0 Å². The molecule has 0 aliphatic carbocycles. The largest absolute Gasteiger partial charge is 0.446 e. The maximum atomic E-state index is 5.31. The maximum Gasteiger partial charge on any atom is 0.195 e. The highest BCUT2D eigenvalue weighted by atomic mass is 16.3. The minimum atomic E-state index is 0.830. The van der Waals surface area contributed by atoms with Gasteiger partial charge in [0.2, 0.25) is 0 Å². The molecule has 0 unspecified atom stereocenters. The van der Waals surface area contributed by atoms with E-state index in [9.17, 15) is 0 Å². The molecule has 12 heavy (non-hydrogen) atoms. The Morgan fingerprint density at radius 3 is 2.92 bits per heavy atom. The van der Waals surface area contributed by atoms with Gasteiger partial charge in [-0.15, -0.1) is 0 Å². The Morgan fingerprint density at radius 1 is 1.50 bits per heavy atom. The smallest absolute Gasteiger partial charge is 0.195 e. The summed E-state index contributed by atoms with van der Waals surface area (Å²) in [4.78, 5) is 4.11. The van der Waals surface area contributed by atoms with Crippen LogP contribution in [0.5, 0.6) is 0 Å². The molecule has 0 saturated carbocycles. The topological polar surface area (TPSA) is 38.1 Å². The van der Waals surface area contributed by atoms with Crippen molar-refractivity contribution < 1.29 is 4.42 Å². The van der Waals surface area contributed by atoms with Gasteiger partial charge in [0.15, 0.2) is 5.89 Å². The van der Waals surface area contributed by atoms with Crippen LogP contribution in [0.15, 0.2) is 10.6 Å².